The lowest BCUT2D eigenvalue weighted by molar-refractivity contribution is -0.154. The molecule has 0 bridgehead atoms. The third-order valence-corrected chi connectivity index (χ3v) is 5.05. The van der Waals surface area contributed by atoms with Crippen LogP contribution < -0.4 is 10.5 Å². The number of aliphatic hydroxyl groups is 1. The van der Waals surface area contributed by atoms with Crippen LogP contribution in [0, 0.1) is 0 Å². The lowest BCUT2D eigenvalue weighted by atomic mass is 9.98. The third-order valence-electron chi connectivity index (χ3n) is 4.31. The van der Waals surface area contributed by atoms with Gasteiger partial charge in [-0.15, -0.1) is 0 Å². The number of carbonyl (C=O) groups is 1. The van der Waals surface area contributed by atoms with E-state index in [0.29, 0.717) is 5.56 Å². The molecule has 164 valence electrons. The van der Waals surface area contributed by atoms with Crippen LogP contribution in [0.3, 0.4) is 0 Å². The molecule has 3 N–H and O–H groups in total. The van der Waals surface area contributed by atoms with Crippen LogP contribution in [0.15, 0.2) is 30.5 Å². The molecule has 30 heavy (non-hydrogen) atoms. The van der Waals surface area contributed by atoms with Crippen molar-refractivity contribution in [3.63, 3.8) is 0 Å². The largest absolute Gasteiger partial charge is 0.468 e. The fraction of sp³-hybridized carbons (Fsp3) is 0.400. The SMILES string of the molecule is NC(=O)c1cnc(OCC(F)(F)F)c(-c2ccc(Cl)c(Cl)c2)c1.OC1CCCCC1. The number of amides is 1. The summed E-state index contributed by atoms with van der Waals surface area (Å²) in [6, 6.07) is 5.67. The summed E-state index contributed by atoms with van der Waals surface area (Å²) in [6.45, 7) is -1.52. The number of nitrogens with two attached hydrogens (primary N) is 1. The molecule has 10 heteroatoms. The number of nitrogens with zero attached hydrogens (tertiary/aromatic N) is 1. The van der Waals surface area contributed by atoms with Gasteiger partial charge in [0.05, 0.1) is 21.7 Å². The van der Waals surface area contributed by atoms with E-state index in [4.69, 9.17) is 38.8 Å². The van der Waals surface area contributed by atoms with Gasteiger partial charge in [0.15, 0.2) is 6.61 Å². The van der Waals surface area contributed by atoms with Crippen LogP contribution in [0.1, 0.15) is 42.5 Å². The first-order valence-corrected chi connectivity index (χ1v) is 9.95. The lowest BCUT2D eigenvalue weighted by Crippen LogP contribution is -2.20. The number of alkyl halides is 3. The minimum Gasteiger partial charge on any atom is -0.468 e. The van der Waals surface area contributed by atoms with Crippen molar-refractivity contribution >= 4 is 29.1 Å². The monoisotopic (exact) mass is 464 g/mol. The fourth-order valence-electron chi connectivity index (χ4n) is 2.80. The molecule has 1 aromatic heterocycles. The molecule has 0 radical (unpaired) electrons. The van der Waals surface area contributed by atoms with Crippen LogP contribution in [0.25, 0.3) is 11.1 Å². The van der Waals surface area contributed by atoms with Gasteiger partial charge >= 0.3 is 6.18 Å². The van der Waals surface area contributed by atoms with Crippen molar-refractivity contribution in [1.82, 2.24) is 4.98 Å². The van der Waals surface area contributed by atoms with Gasteiger partial charge in [-0.3, -0.25) is 4.79 Å². The predicted octanol–water partition coefficient (Wildman–Crippen LogP) is 5.41. The first-order valence-electron chi connectivity index (χ1n) is 9.19. The normalized spacial score (nSPS) is 14.6. The Balaban J connectivity index is 0.000000386. The minimum atomic E-state index is -4.53. The van der Waals surface area contributed by atoms with Crippen molar-refractivity contribution in [1.29, 1.82) is 0 Å². The summed E-state index contributed by atoms with van der Waals surface area (Å²) in [5.74, 6) is -1.08. The molecule has 0 aliphatic heterocycles. The maximum atomic E-state index is 12.3. The van der Waals surface area contributed by atoms with Crippen LogP contribution in [0.2, 0.25) is 10.0 Å². The number of hydrogen-bond acceptors (Lipinski definition) is 4. The molecule has 3 rings (SSSR count). The number of benzene rings is 1. The Morgan fingerprint density at radius 3 is 2.33 bits per heavy atom. The van der Waals surface area contributed by atoms with Gasteiger partial charge in [-0.05, 0) is 36.6 Å². The van der Waals surface area contributed by atoms with Gasteiger partial charge in [-0.25, -0.2) is 4.98 Å². The van der Waals surface area contributed by atoms with E-state index in [1.807, 2.05) is 0 Å². The summed E-state index contributed by atoms with van der Waals surface area (Å²) < 4.78 is 41.7. The Morgan fingerprint density at radius 2 is 1.83 bits per heavy atom. The number of halogens is 5. The third kappa shape index (κ3) is 7.66. The zero-order chi connectivity index (χ0) is 22.3. The number of aromatic nitrogens is 1. The van der Waals surface area contributed by atoms with Crippen molar-refractivity contribution in [3.8, 4) is 17.0 Å². The van der Waals surface area contributed by atoms with E-state index in [0.717, 1.165) is 19.0 Å². The average Bonchev–Trinajstić information content (AvgIpc) is 2.69. The molecule has 1 fully saturated rings. The number of hydrogen-bond donors (Lipinski definition) is 2. The first-order chi connectivity index (χ1) is 14.1. The van der Waals surface area contributed by atoms with E-state index in [1.165, 1.54) is 43.5 Å². The Labute approximate surface area is 182 Å². The van der Waals surface area contributed by atoms with Crippen molar-refractivity contribution < 1.29 is 27.8 Å². The molecule has 2 aromatic rings. The summed E-state index contributed by atoms with van der Waals surface area (Å²) in [7, 11) is 0. The summed E-state index contributed by atoms with van der Waals surface area (Å²) in [5.41, 5.74) is 5.70. The lowest BCUT2D eigenvalue weighted by Gasteiger charge is -2.14. The number of carbonyl (C=O) groups excluding carboxylic acids is 1. The highest BCUT2D eigenvalue weighted by atomic mass is 35.5. The quantitative estimate of drug-likeness (QED) is 0.633. The number of aliphatic hydroxyl groups excluding tert-OH is 1. The molecule has 1 aliphatic rings. The smallest absolute Gasteiger partial charge is 0.422 e. The highest BCUT2D eigenvalue weighted by molar-refractivity contribution is 6.42. The predicted molar refractivity (Wildman–Crippen MR) is 109 cm³/mol. The van der Waals surface area contributed by atoms with Crippen LogP contribution in [0.4, 0.5) is 13.2 Å². The first kappa shape index (κ1) is 24.2. The van der Waals surface area contributed by atoms with Gasteiger partial charge in [-0.1, -0.05) is 48.5 Å². The Hall–Kier alpha value is -2.03. The van der Waals surface area contributed by atoms with Gasteiger partial charge in [0, 0.05) is 11.8 Å². The highest BCUT2D eigenvalue weighted by Gasteiger charge is 2.29. The summed E-state index contributed by atoms with van der Waals surface area (Å²) >= 11 is 11.7. The number of primary amides is 1. The minimum absolute atomic E-state index is 0.0189. The average molecular weight is 465 g/mol. The molecule has 1 aliphatic carbocycles. The van der Waals surface area contributed by atoms with Gasteiger partial charge < -0.3 is 15.6 Å². The van der Waals surface area contributed by atoms with E-state index < -0.39 is 18.7 Å². The fourth-order valence-corrected chi connectivity index (χ4v) is 3.10. The van der Waals surface area contributed by atoms with E-state index in [2.05, 4.69) is 4.98 Å². The van der Waals surface area contributed by atoms with Crippen LogP contribution >= 0.6 is 23.2 Å². The van der Waals surface area contributed by atoms with Gasteiger partial charge in [0.1, 0.15) is 0 Å². The summed E-state index contributed by atoms with van der Waals surface area (Å²) in [4.78, 5) is 15.0. The molecule has 0 atom stereocenters. The maximum Gasteiger partial charge on any atom is 0.422 e. The molecular formula is C20H21Cl2F3N2O3. The van der Waals surface area contributed by atoms with E-state index in [9.17, 15) is 18.0 Å². The zero-order valence-corrected chi connectivity index (χ0v) is 17.4. The van der Waals surface area contributed by atoms with Crippen LogP contribution in [0.5, 0.6) is 5.88 Å². The van der Waals surface area contributed by atoms with Crippen LogP contribution in [-0.4, -0.2) is 34.9 Å². The van der Waals surface area contributed by atoms with Crippen molar-refractivity contribution in [2.45, 2.75) is 44.4 Å². The van der Waals surface area contributed by atoms with E-state index in [-0.39, 0.29) is 33.2 Å². The number of rotatable bonds is 4. The molecular weight excluding hydrogens is 444 g/mol. The summed E-state index contributed by atoms with van der Waals surface area (Å²) in [6.07, 6.45) is 2.43. The van der Waals surface area contributed by atoms with Gasteiger partial charge in [0.25, 0.3) is 0 Å². The molecule has 0 saturated heterocycles. The Kier molecular flexibility index (Phi) is 8.76. The van der Waals surface area contributed by atoms with Gasteiger partial charge in [-0.2, -0.15) is 13.2 Å². The summed E-state index contributed by atoms with van der Waals surface area (Å²) in [5, 5.41) is 9.37. The number of ether oxygens (including phenoxy) is 1. The Morgan fingerprint density at radius 1 is 1.17 bits per heavy atom. The second-order valence-electron chi connectivity index (χ2n) is 6.77. The van der Waals surface area contributed by atoms with Crippen molar-refractivity contribution in [2.24, 2.45) is 5.73 Å². The highest BCUT2D eigenvalue weighted by Crippen LogP contribution is 2.34. The topological polar surface area (TPSA) is 85.4 Å². The molecule has 1 saturated carbocycles. The van der Waals surface area contributed by atoms with Crippen molar-refractivity contribution in [3.05, 3.63) is 46.1 Å². The Bertz CT molecular complexity index is 873. The molecule has 1 heterocycles. The van der Waals surface area contributed by atoms with Crippen LogP contribution in [-0.2, 0) is 0 Å². The molecule has 1 amide bonds. The zero-order valence-electron chi connectivity index (χ0n) is 15.9. The van der Waals surface area contributed by atoms with Crippen molar-refractivity contribution in [2.75, 3.05) is 6.61 Å². The molecule has 0 unspecified atom stereocenters. The molecule has 5 nitrogen and oxygen atoms in total. The standard InChI is InChI=1S/C14H9Cl2F3N2O2.C6H12O/c15-10-2-1-7(4-11(10)16)9-3-8(12(20)22)5-21-13(9)23-6-14(17,18)19;7-6-4-2-1-3-5-6/h1-5H,6H2,(H2,20,22);6-7H,1-5H2. The van der Waals surface area contributed by atoms with Gasteiger partial charge in [0.2, 0.25) is 11.8 Å². The molecule has 1 aromatic carbocycles. The maximum absolute atomic E-state index is 12.3. The van der Waals surface area contributed by atoms with E-state index >= 15 is 0 Å². The van der Waals surface area contributed by atoms with E-state index in [1.54, 1.807) is 0 Å². The number of pyridine rings is 1. The second kappa shape index (κ2) is 10.8. The molecule has 0 spiro atoms. The second-order valence-corrected chi connectivity index (χ2v) is 7.58.